The van der Waals surface area contributed by atoms with Crippen molar-refractivity contribution in [2.24, 2.45) is 5.92 Å². The molecule has 1 saturated heterocycles. The zero-order valence-electron chi connectivity index (χ0n) is 17.2. The second-order valence-corrected chi connectivity index (χ2v) is 7.40. The highest BCUT2D eigenvalue weighted by atomic mass is 16.5. The van der Waals surface area contributed by atoms with Gasteiger partial charge in [-0.05, 0) is 12.1 Å². The number of Topliss-reactive ketones (excluding diaryl/α,β-unsaturated/α-hetero) is 2. The molecule has 8 heteroatoms. The second-order valence-electron chi connectivity index (χ2n) is 7.40. The van der Waals surface area contributed by atoms with E-state index in [4.69, 9.17) is 4.74 Å². The van der Waals surface area contributed by atoms with Crippen LogP contribution in [-0.2, 0) is 16.1 Å². The maximum atomic E-state index is 13.4. The molecule has 1 amide bonds. The van der Waals surface area contributed by atoms with Gasteiger partial charge in [0.1, 0.15) is 30.1 Å². The minimum absolute atomic E-state index is 0.344. The van der Waals surface area contributed by atoms with E-state index in [2.05, 4.69) is 9.97 Å². The molecule has 31 heavy (non-hydrogen) atoms. The highest BCUT2D eigenvalue weighted by Gasteiger charge is 2.53. The molecule has 158 valence electrons. The number of rotatable bonds is 8. The number of hydrogen-bond donors (Lipinski definition) is 1. The number of carbonyl (C=O) groups is 3. The average Bonchev–Trinajstić information content (AvgIpc) is 3.41. The molecule has 1 fully saturated rings. The Kier molecular flexibility index (Phi) is 5.88. The number of aryl methyl sites for hydroxylation is 1. The Bertz CT molecular complexity index is 1080. The molecule has 3 aromatic rings. The van der Waals surface area contributed by atoms with Crippen LogP contribution in [0.5, 0.6) is 5.75 Å². The quantitative estimate of drug-likeness (QED) is 0.256. The van der Waals surface area contributed by atoms with E-state index < -0.39 is 23.7 Å². The Hall–Kier alpha value is -3.81. The minimum atomic E-state index is -1.11. The topological polar surface area (TPSA) is 97.5 Å². The Balaban J connectivity index is 1.65. The molecule has 8 nitrogen and oxygen atoms in total. The summed E-state index contributed by atoms with van der Waals surface area (Å²) in [4.78, 5) is 46.9. The summed E-state index contributed by atoms with van der Waals surface area (Å²) in [6.45, 7) is 1.04. The van der Waals surface area contributed by atoms with Crippen molar-refractivity contribution in [1.82, 2.24) is 9.88 Å². The highest BCUT2D eigenvalue weighted by molar-refractivity contribution is 6.44. The first-order valence-electron chi connectivity index (χ1n) is 10.1. The number of amides is 1. The van der Waals surface area contributed by atoms with E-state index in [-0.39, 0.29) is 5.78 Å². The van der Waals surface area contributed by atoms with Crippen LogP contribution in [0, 0.1) is 5.92 Å². The summed E-state index contributed by atoms with van der Waals surface area (Å²) >= 11 is 0. The van der Waals surface area contributed by atoms with E-state index >= 15 is 0 Å². The molecule has 0 spiro atoms. The molecule has 0 aliphatic carbocycles. The first kappa shape index (κ1) is 20.5. The van der Waals surface area contributed by atoms with E-state index in [1.807, 2.05) is 35.4 Å². The molecule has 4 rings (SSSR count). The van der Waals surface area contributed by atoms with Gasteiger partial charge in [0.15, 0.2) is 12.0 Å². The predicted molar refractivity (Wildman–Crippen MR) is 109 cm³/mol. The number of likely N-dealkylation sites (tertiary alicyclic amines) is 1. The van der Waals surface area contributed by atoms with Gasteiger partial charge < -0.3 is 9.64 Å². The zero-order chi connectivity index (χ0) is 21.8. The van der Waals surface area contributed by atoms with Gasteiger partial charge in [-0.2, -0.15) is 0 Å². The van der Waals surface area contributed by atoms with Crippen molar-refractivity contribution in [2.45, 2.75) is 19.0 Å². The molecule has 1 aliphatic rings. The third kappa shape index (κ3) is 4.09. The molecule has 2 atom stereocenters. The minimum Gasteiger partial charge on any atom is -0.497 e. The summed E-state index contributed by atoms with van der Waals surface area (Å²) in [7, 11) is 1.51. The standard InChI is InChI=1S/C23H22N4O4/c1-31-17-7-4-6-16(14-17)21(28)19-20(18-8-2-3-9-25-18)27(23(30)22(19)29)12-5-11-26-13-10-24-15-26/h2-4,6-10,13-15,19-20H,5,11-12H2,1H3/p+2. The van der Waals surface area contributed by atoms with Crippen LogP contribution in [0.1, 0.15) is 28.5 Å². The largest absolute Gasteiger partial charge is 0.497 e. The van der Waals surface area contributed by atoms with Crippen LogP contribution in [0.4, 0.5) is 0 Å². The van der Waals surface area contributed by atoms with Gasteiger partial charge in [0.2, 0.25) is 17.8 Å². The van der Waals surface area contributed by atoms with E-state index in [0.717, 1.165) is 0 Å². The number of aromatic nitrogens is 3. The molecule has 0 bridgehead atoms. The highest BCUT2D eigenvalue weighted by Crippen LogP contribution is 2.36. The van der Waals surface area contributed by atoms with E-state index in [9.17, 15) is 14.4 Å². The lowest BCUT2D eigenvalue weighted by Crippen LogP contribution is -2.37. The number of aromatic amines is 2. The lowest BCUT2D eigenvalue weighted by Gasteiger charge is -2.23. The van der Waals surface area contributed by atoms with Crippen molar-refractivity contribution in [3.05, 3.63) is 78.6 Å². The third-order valence-electron chi connectivity index (χ3n) is 5.51. The maximum absolute atomic E-state index is 13.4. The number of ether oxygens (including phenoxy) is 1. The lowest BCUT2D eigenvalue weighted by atomic mass is 9.88. The number of hydrogen-bond acceptors (Lipinski definition) is 4. The van der Waals surface area contributed by atoms with E-state index in [1.165, 1.54) is 12.0 Å². The van der Waals surface area contributed by atoms with Gasteiger partial charge in [-0.25, -0.2) is 9.55 Å². The number of benzene rings is 1. The molecule has 0 saturated carbocycles. The van der Waals surface area contributed by atoms with Crippen molar-refractivity contribution in [2.75, 3.05) is 13.7 Å². The summed E-state index contributed by atoms with van der Waals surface area (Å²) in [6, 6.07) is 11.4. The fraction of sp³-hybridized carbons (Fsp3) is 0.261. The average molecular weight is 420 g/mol. The fourth-order valence-corrected chi connectivity index (χ4v) is 4.01. The van der Waals surface area contributed by atoms with E-state index in [0.29, 0.717) is 36.5 Å². The van der Waals surface area contributed by atoms with Crippen LogP contribution in [-0.4, -0.2) is 41.0 Å². The normalized spacial score (nSPS) is 18.4. The molecule has 2 N–H and O–H groups in total. The van der Waals surface area contributed by atoms with Crippen LogP contribution in [0.25, 0.3) is 0 Å². The summed E-state index contributed by atoms with van der Waals surface area (Å²) in [6.07, 6.45) is 7.91. The number of methoxy groups -OCH3 is 1. The van der Waals surface area contributed by atoms with Crippen LogP contribution >= 0.6 is 0 Å². The fourth-order valence-electron chi connectivity index (χ4n) is 4.01. The van der Waals surface area contributed by atoms with Crippen LogP contribution in [0.15, 0.2) is 67.4 Å². The molecule has 2 aromatic heterocycles. The van der Waals surface area contributed by atoms with Crippen LogP contribution in [0.3, 0.4) is 0 Å². The Morgan fingerprint density at radius 3 is 2.81 bits per heavy atom. The van der Waals surface area contributed by atoms with Crippen molar-refractivity contribution >= 4 is 17.5 Å². The Morgan fingerprint density at radius 2 is 2.10 bits per heavy atom. The lowest BCUT2D eigenvalue weighted by molar-refractivity contribution is -0.695. The third-order valence-corrected chi connectivity index (χ3v) is 5.51. The number of carbonyl (C=O) groups excluding carboxylic acids is 3. The van der Waals surface area contributed by atoms with Gasteiger partial charge in [0, 0.05) is 30.7 Å². The van der Waals surface area contributed by atoms with Crippen molar-refractivity contribution in [1.29, 1.82) is 0 Å². The maximum Gasteiger partial charge on any atom is 0.291 e. The zero-order valence-corrected chi connectivity index (χ0v) is 17.2. The number of nitrogens with one attached hydrogen (secondary N) is 2. The van der Waals surface area contributed by atoms with Crippen LogP contribution in [0.2, 0.25) is 0 Å². The molecular weight excluding hydrogens is 396 g/mol. The second kappa shape index (κ2) is 8.91. The smallest absolute Gasteiger partial charge is 0.291 e. The number of pyridine rings is 1. The van der Waals surface area contributed by atoms with Gasteiger partial charge in [-0.15, -0.1) is 0 Å². The van der Waals surface area contributed by atoms with Gasteiger partial charge in [-0.1, -0.05) is 18.2 Å². The number of nitrogens with zero attached hydrogens (tertiary/aromatic N) is 2. The summed E-state index contributed by atoms with van der Waals surface area (Å²) in [5.74, 6) is -2.28. The van der Waals surface area contributed by atoms with Gasteiger partial charge in [0.05, 0.1) is 13.7 Å². The van der Waals surface area contributed by atoms with E-state index in [1.54, 1.807) is 36.5 Å². The summed E-state index contributed by atoms with van der Waals surface area (Å²) < 4.78 is 7.17. The van der Waals surface area contributed by atoms with Gasteiger partial charge in [-0.3, -0.25) is 19.4 Å². The Morgan fingerprint density at radius 1 is 1.23 bits per heavy atom. The van der Waals surface area contributed by atoms with Crippen LogP contribution < -0.4 is 14.3 Å². The Labute approximate surface area is 179 Å². The number of ketones is 2. The molecule has 2 unspecified atom stereocenters. The van der Waals surface area contributed by atoms with Gasteiger partial charge in [0.25, 0.3) is 5.91 Å². The van der Waals surface area contributed by atoms with Crippen molar-refractivity contribution in [3.63, 3.8) is 0 Å². The molecule has 0 radical (unpaired) electrons. The predicted octanol–water partition coefficient (Wildman–Crippen LogP) is 1.17. The first-order chi connectivity index (χ1) is 15.1. The first-order valence-corrected chi connectivity index (χ1v) is 10.1. The number of imidazole rings is 1. The number of H-pyrrole nitrogens is 2. The van der Waals surface area contributed by atoms with Gasteiger partial charge >= 0.3 is 0 Å². The van der Waals surface area contributed by atoms with Crippen molar-refractivity contribution < 1.29 is 28.7 Å². The molecule has 1 aliphatic heterocycles. The molecular formula is C23H24N4O4+2. The summed E-state index contributed by atoms with van der Waals surface area (Å²) in [5, 5.41) is 0. The monoisotopic (exact) mass is 420 g/mol. The summed E-state index contributed by atoms with van der Waals surface area (Å²) in [5.41, 5.74) is 0.994. The van der Waals surface area contributed by atoms with Crippen molar-refractivity contribution in [3.8, 4) is 5.75 Å². The molecule has 1 aromatic carbocycles. The SMILES string of the molecule is COc1cccc(C(=O)C2C(=O)C(=O)N(CCC[n+]3cc[nH]c3)C2c2cccc[nH+]2)c1. The molecule has 3 heterocycles.